The maximum Gasteiger partial charge on any atom is -0.00990 e. The molecule has 0 N–H and O–H groups in total. The lowest BCUT2D eigenvalue weighted by Crippen LogP contribution is -1.86. The fourth-order valence-electron chi connectivity index (χ4n) is 7.13. The van der Waals surface area contributed by atoms with Crippen LogP contribution in [0.5, 0.6) is 0 Å². The van der Waals surface area contributed by atoms with Crippen molar-refractivity contribution in [3.8, 4) is 44.5 Å². The van der Waals surface area contributed by atoms with Crippen molar-refractivity contribution in [2.45, 2.75) is 0 Å². The molecule has 0 nitrogen and oxygen atoms in total. The highest BCUT2D eigenvalue weighted by molar-refractivity contribution is 6.14. The summed E-state index contributed by atoms with van der Waals surface area (Å²) in [5, 5.41) is 10.3. The summed E-state index contributed by atoms with van der Waals surface area (Å²) in [6.45, 7) is 0. The third-order valence-corrected chi connectivity index (χ3v) is 9.48. The van der Waals surface area contributed by atoms with Gasteiger partial charge in [-0.25, -0.2) is 0 Å². The van der Waals surface area contributed by atoms with E-state index in [-0.39, 0.29) is 0 Å². The van der Waals surface area contributed by atoms with Gasteiger partial charge in [-0.05, 0) is 99.7 Å². The quantitative estimate of drug-likeness (QED) is 0.181. The summed E-state index contributed by atoms with van der Waals surface area (Å²) in [7, 11) is 0. The van der Waals surface area contributed by atoms with Crippen LogP contribution in [0.25, 0.3) is 87.6 Å². The molecule has 0 saturated carbocycles. The molecule has 0 bridgehead atoms. The van der Waals surface area contributed by atoms with Crippen molar-refractivity contribution in [1.29, 1.82) is 0 Å². The van der Waals surface area contributed by atoms with Crippen LogP contribution >= 0.6 is 0 Å². The Morgan fingerprint density at radius 2 is 0.457 bits per heavy atom. The minimum absolute atomic E-state index is 1.22. The van der Waals surface area contributed by atoms with Crippen LogP contribution in [-0.2, 0) is 0 Å². The van der Waals surface area contributed by atoms with E-state index in [1.807, 2.05) is 0 Å². The standard InChI is InChI=1S/C46H30/c1-3-11-39-37(9-1)29-45(43-15-7-5-13-41(39)43)35-25-21-33(22-26-35)31-17-19-32(20-18-31)34-23-27-36(28-24-34)46-30-38-10-2-4-12-40(38)42-14-6-8-16-44(42)46/h1-30H. The Morgan fingerprint density at radius 3 is 0.804 bits per heavy atom. The van der Waals surface area contributed by atoms with E-state index >= 15 is 0 Å². The van der Waals surface area contributed by atoms with Crippen molar-refractivity contribution in [3.05, 3.63) is 182 Å². The highest BCUT2D eigenvalue weighted by Gasteiger charge is 2.11. The Balaban J connectivity index is 1.01. The number of benzene rings is 9. The molecule has 0 saturated heterocycles. The van der Waals surface area contributed by atoms with Crippen molar-refractivity contribution < 1.29 is 0 Å². The van der Waals surface area contributed by atoms with E-state index in [9.17, 15) is 0 Å². The van der Waals surface area contributed by atoms with Crippen LogP contribution in [0, 0.1) is 0 Å². The summed E-state index contributed by atoms with van der Waals surface area (Å²) in [6.07, 6.45) is 0. The van der Waals surface area contributed by atoms with Crippen LogP contribution in [-0.4, -0.2) is 0 Å². The SMILES string of the molecule is c1ccc2c(c1)cc(-c1ccc(-c3ccc(-c4ccc(-c5cc6ccccc6c6ccccc56)cc4)cc3)cc1)c1ccccc12. The zero-order valence-electron chi connectivity index (χ0n) is 25.3. The second-order valence-corrected chi connectivity index (χ2v) is 12.1. The molecule has 0 fully saturated rings. The fourth-order valence-corrected chi connectivity index (χ4v) is 7.13. The van der Waals surface area contributed by atoms with Crippen LogP contribution in [0.15, 0.2) is 182 Å². The normalized spacial score (nSPS) is 11.5. The van der Waals surface area contributed by atoms with E-state index in [0.717, 1.165) is 0 Å². The van der Waals surface area contributed by atoms with Crippen molar-refractivity contribution in [1.82, 2.24) is 0 Å². The maximum absolute atomic E-state index is 2.33. The number of hydrogen-bond donors (Lipinski definition) is 0. The summed E-state index contributed by atoms with van der Waals surface area (Å²) in [4.78, 5) is 0. The van der Waals surface area contributed by atoms with E-state index < -0.39 is 0 Å². The lowest BCUT2D eigenvalue weighted by atomic mass is 9.92. The molecule has 0 aliphatic carbocycles. The molecule has 9 aromatic carbocycles. The first kappa shape index (κ1) is 26.4. The van der Waals surface area contributed by atoms with Gasteiger partial charge < -0.3 is 0 Å². The van der Waals surface area contributed by atoms with Gasteiger partial charge in [0.25, 0.3) is 0 Å². The monoisotopic (exact) mass is 582 g/mol. The molecule has 0 heteroatoms. The van der Waals surface area contributed by atoms with E-state index in [0.29, 0.717) is 0 Å². The molecule has 0 amide bonds. The predicted molar refractivity (Wildman–Crippen MR) is 198 cm³/mol. The first-order valence-corrected chi connectivity index (χ1v) is 15.9. The molecule has 0 aliphatic heterocycles. The van der Waals surface area contributed by atoms with Gasteiger partial charge in [0.2, 0.25) is 0 Å². The molecule has 0 atom stereocenters. The second kappa shape index (κ2) is 10.9. The summed E-state index contributed by atoms with van der Waals surface area (Å²) in [5.41, 5.74) is 9.91. The molecular formula is C46H30. The predicted octanol–water partition coefficient (Wildman–Crippen LogP) is 13.0. The van der Waals surface area contributed by atoms with Gasteiger partial charge in [-0.1, -0.05) is 170 Å². The van der Waals surface area contributed by atoms with Crippen molar-refractivity contribution in [3.63, 3.8) is 0 Å². The Kier molecular flexibility index (Phi) is 6.25. The van der Waals surface area contributed by atoms with Gasteiger partial charge in [0.15, 0.2) is 0 Å². The van der Waals surface area contributed by atoms with Crippen LogP contribution in [0.1, 0.15) is 0 Å². The minimum atomic E-state index is 1.22. The summed E-state index contributed by atoms with van der Waals surface area (Å²) in [5.74, 6) is 0. The Labute approximate surface area is 268 Å². The fraction of sp³-hybridized carbons (Fsp3) is 0. The van der Waals surface area contributed by atoms with Gasteiger partial charge in [0, 0.05) is 0 Å². The average Bonchev–Trinajstić information content (AvgIpc) is 3.14. The third kappa shape index (κ3) is 4.47. The second-order valence-electron chi connectivity index (χ2n) is 12.1. The largest absolute Gasteiger partial charge is 0.0616 e. The number of rotatable bonds is 4. The lowest BCUT2D eigenvalue weighted by Gasteiger charge is -2.12. The molecule has 0 unspecified atom stereocenters. The Hall–Kier alpha value is -5.98. The van der Waals surface area contributed by atoms with Gasteiger partial charge in [0.05, 0.1) is 0 Å². The van der Waals surface area contributed by atoms with E-state index in [4.69, 9.17) is 0 Å². The molecule has 0 radical (unpaired) electrons. The number of fused-ring (bicyclic) bond motifs is 6. The van der Waals surface area contributed by atoms with Crippen LogP contribution in [0.2, 0.25) is 0 Å². The molecule has 214 valence electrons. The van der Waals surface area contributed by atoms with E-state index in [2.05, 4.69) is 182 Å². The molecule has 0 heterocycles. The smallest absolute Gasteiger partial charge is 0.00990 e. The molecule has 0 aliphatic rings. The first-order chi connectivity index (χ1) is 22.8. The Bertz CT molecular complexity index is 2350. The van der Waals surface area contributed by atoms with Gasteiger partial charge >= 0.3 is 0 Å². The summed E-state index contributed by atoms with van der Waals surface area (Å²) >= 11 is 0. The van der Waals surface area contributed by atoms with Gasteiger partial charge in [-0.2, -0.15) is 0 Å². The molecule has 46 heavy (non-hydrogen) atoms. The van der Waals surface area contributed by atoms with Gasteiger partial charge in [0.1, 0.15) is 0 Å². The summed E-state index contributed by atoms with van der Waals surface area (Å²) in [6, 6.07) is 66.4. The number of hydrogen-bond acceptors (Lipinski definition) is 0. The molecule has 9 aromatic rings. The van der Waals surface area contributed by atoms with Crippen LogP contribution < -0.4 is 0 Å². The van der Waals surface area contributed by atoms with Crippen molar-refractivity contribution in [2.75, 3.05) is 0 Å². The molecule has 9 rings (SSSR count). The van der Waals surface area contributed by atoms with E-state index in [1.54, 1.807) is 0 Å². The van der Waals surface area contributed by atoms with Crippen molar-refractivity contribution in [2.24, 2.45) is 0 Å². The highest BCUT2D eigenvalue weighted by atomic mass is 14.1. The zero-order valence-corrected chi connectivity index (χ0v) is 25.3. The Morgan fingerprint density at radius 1 is 0.196 bits per heavy atom. The van der Waals surface area contributed by atoms with Crippen LogP contribution in [0.4, 0.5) is 0 Å². The van der Waals surface area contributed by atoms with Crippen LogP contribution in [0.3, 0.4) is 0 Å². The van der Waals surface area contributed by atoms with E-state index in [1.165, 1.54) is 87.6 Å². The minimum Gasteiger partial charge on any atom is -0.0616 e. The van der Waals surface area contributed by atoms with Gasteiger partial charge in [-0.15, -0.1) is 0 Å². The molecule has 0 spiro atoms. The molecule has 0 aromatic heterocycles. The average molecular weight is 583 g/mol. The van der Waals surface area contributed by atoms with Crippen molar-refractivity contribution >= 4 is 43.1 Å². The first-order valence-electron chi connectivity index (χ1n) is 15.9. The topological polar surface area (TPSA) is 0 Å². The lowest BCUT2D eigenvalue weighted by molar-refractivity contribution is 1.58. The maximum atomic E-state index is 2.33. The summed E-state index contributed by atoms with van der Waals surface area (Å²) < 4.78 is 0. The molecular weight excluding hydrogens is 553 g/mol. The van der Waals surface area contributed by atoms with Gasteiger partial charge in [-0.3, -0.25) is 0 Å². The zero-order chi connectivity index (χ0) is 30.5. The highest BCUT2D eigenvalue weighted by Crippen LogP contribution is 2.37. The third-order valence-electron chi connectivity index (χ3n) is 9.48.